The fraction of sp³-hybridized carbons (Fsp3) is 0.650. The van der Waals surface area contributed by atoms with E-state index < -0.39 is 8.32 Å². The molecule has 0 aromatic heterocycles. The van der Waals surface area contributed by atoms with Gasteiger partial charge in [-0.2, -0.15) is 0 Å². The molecule has 0 bridgehead atoms. The zero-order valence-corrected chi connectivity index (χ0v) is 17.1. The zero-order chi connectivity index (χ0) is 18.1. The fourth-order valence-corrected chi connectivity index (χ4v) is 4.58. The first kappa shape index (κ1) is 20.9. The number of hydrogen-bond acceptors (Lipinski definition) is 3. The Balaban J connectivity index is 2.89. The number of para-hydroxylation sites is 1. The molecule has 24 heavy (non-hydrogen) atoms. The summed E-state index contributed by atoms with van der Waals surface area (Å²) in [6.07, 6.45) is 6.56. The minimum atomic E-state index is -1.76. The number of benzene rings is 1. The van der Waals surface area contributed by atoms with E-state index in [4.69, 9.17) is 9.16 Å². The van der Waals surface area contributed by atoms with Crippen molar-refractivity contribution >= 4 is 14.3 Å². The van der Waals surface area contributed by atoms with Crippen molar-refractivity contribution in [1.82, 2.24) is 0 Å². The number of hydrogen-bond donors (Lipinski definition) is 0. The van der Waals surface area contributed by atoms with Crippen molar-refractivity contribution in [2.24, 2.45) is 0 Å². The lowest BCUT2D eigenvalue weighted by molar-refractivity contribution is -0.139. The Kier molecular flexibility index (Phi) is 8.71. The van der Waals surface area contributed by atoms with Gasteiger partial charge in [0.25, 0.3) is 0 Å². The van der Waals surface area contributed by atoms with Crippen LogP contribution in [0.15, 0.2) is 30.3 Å². The van der Waals surface area contributed by atoms with Gasteiger partial charge in [0, 0.05) is 0 Å². The summed E-state index contributed by atoms with van der Waals surface area (Å²) in [6.45, 7) is 11.0. The van der Waals surface area contributed by atoms with Gasteiger partial charge in [0.2, 0.25) is 0 Å². The second-order valence-corrected chi connectivity index (χ2v) is 12.0. The lowest BCUT2D eigenvalue weighted by Crippen LogP contribution is -2.45. The number of esters is 1. The minimum absolute atomic E-state index is 0.188. The lowest BCUT2D eigenvalue weighted by Gasteiger charge is -2.39. The van der Waals surface area contributed by atoms with Gasteiger partial charge in [0.15, 0.2) is 8.32 Å². The Labute approximate surface area is 148 Å². The first-order chi connectivity index (χ1) is 11.3. The summed E-state index contributed by atoms with van der Waals surface area (Å²) in [5, 5.41) is 0. The Morgan fingerprint density at radius 3 is 2.00 bits per heavy atom. The smallest absolute Gasteiger partial charge is 0.314 e. The van der Waals surface area contributed by atoms with E-state index >= 15 is 0 Å². The molecule has 0 saturated heterocycles. The Bertz CT molecular complexity index is 471. The second-order valence-electron chi connectivity index (χ2n) is 7.57. The number of rotatable bonds is 11. The van der Waals surface area contributed by atoms with Gasteiger partial charge in [0.1, 0.15) is 5.75 Å². The number of carbonyl (C=O) groups excluding carboxylic acids is 1. The van der Waals surface area contributed by atoms with Gasteiger partial charge in [-0.1, -0.05) is 57.7 Å². The first-order valence-corrected chi connectivity index (χ1v) is 12.7. The summed E-state index contributed by atoms with van der Waals surface area (Å²) in [6, 6.07) is 9.30. The van der Waals surface area contributed by atoms with Gasteiger partial charge in [-0.15, -0.1) is 0 Å². The van der Waals surface area contributed by atoms with Crippen LogP contribution in [0.3, 0.4) is 0 Å². The molecule has 1 aromatic rings. The van der Waals surface area contributed by atoms with Crippen LogP contribution in [0.4, 0.5) is 0 Å². The third-order valence-electron chi connectivity index (χ3n) is 3.94. The summed E-state index contributed by atoms with van der Waals surface area (Å²) in [5.74, 6) is 0.419. The highest BCUT2D eigenvalue weighted by Gasteiger charge is 2.37. The molecule has 0 N–H and O–H groups in total. The lowest BCUT2D eigenvalue weighted by atomic mass is 9.88. The molecule has 0 fully saturated rings. The standard InChI is InChI=1S/C20H34O3Si/c1-6-8-15-20(16-9-7-2,23-24(3,4)5)17-19(21)22-18-13-11-10-12-14-18/h10-14H,6-9,15-17H2,1-5H3. The monoisotopic (exact) mass is 350 g/mol. The molecule has 0 radical (unpaired) electrons. The Morgan fingerprint density at radius 2 is 1.54 bits per heavy atom. The zero-order valence-electron chi connectivity index (χ0n) is 16.1. The van der Waals surface area contributed by atoms with E-state index in [1.165, 1.54) is 0 Å². The summed E-state index contributed by atoms with van der Waals surface area (Å²) < 4.78 is 12.1. The Morgan fingerprint density at radius 1 is 1.00 bits per heavy atom. The average molecular weight is 351 g/mol. The third-order valence-corrected chi connectivity index (χ3v) is 4.98. The van der Waals surface area contributed by atoms with Crippen molar-refractivity contribution in [3.05, 3.63) is 30.3 Å². The van der Waals surface area contributed by atoms with Crippen molar-refractivity contribution in [3.63, 3.8) is 0 Å². The highest BCUT2D eigenvalue weighted by Crippen LogP contribution is 2.33. The topological polar surface area (TPSA) is 35.5 Å². The average Bonchev–Trinajstić information content (AvgIpc) is 2.50. The van der Waals surface area contributed by atoms with Crippen molar-refractivity contribution in [3.8, 4) is 5.75 Å². The summed E-state index contributed by atoms with van der Waals surface area (Å²) >= 11 is 0. The van der Waals surface area contributed by atoms with Crippen LogP contribution >= 0.6 is 0 Å². The van der Waals surface area contributed by atoms with Crippen molar-refractivity contribution in [2.45, 2.75) is 84.0 Å². The van der Waals surface area contributed by atoms with Crippen LogP contribution in [0.1, 0.15) is 58.8 Å². The van der Waals surface area contributed by atoms with Crippen molar-refractivity contribution < 1.29 is 14.0 Å². The van der Waals surface area contributed by atoms with Gasteiger partial charge in [-0.25, -0.2) is 0 Å². The molecule has 0 amide bonds. The van der Waals surface area contributed by atoms with Crippen LogP contribution in [0, 0.1) is 0 Å². The van der Waals surface area contributed by atoms with E-state index in [9.17, 15) is 4.79 Å². The number of ether oxygens (including phenoxy) is 1. The molecule has 4 heteroatoms. The fourth-order valence-electron chi connectivity index (χ4n) is 3.01. The van der Waals surface area contributed by atoms with Crippen molar-refractivity contribution in [2.75, 3.05) is 0 Å². The molecule has 0 aliphatic carbocycles. The molecule has 0 atom stereocenters. The van der Waals surface area contributed by atoms with E-state index in [0.717, 1.165) is 38.5 Å². The van der Waals surface area contributed by atoms with Crippen LogP contribution in [0.2, 0.25) is 19.6 Å². The molecule has 1 aromatic carbocycles. The van der Waals surface area contributed by atoms with Crippen LogP contribution < -0.4 is 4.74 Å². The molecule has 3 nitrogen and oxygen atoms in total. The SMILES string of the molecule is CCCCC(CCCC)(CC(=O)Oc1ccccc1)O[Si](C)(C)C. The van der Waals surface area contributed by atoms with E-state index in [2.05, 4.69) is 33.5 Å². The van der Waals surface area contributed by atoms with Gasteiger partial charge >= 0.3 is 5.97 Å². The molecule has 0 heterocycles. The van der Waals surface area contributed by atoms with Crippen LogP contribution in [-0.4, -0.2) is 19.9 Å². The summed E-state index contributed by atoms with van der Waals surface area (Å²) in [5.41, 5.74) is -0.373. The quantitative estimate of drug-likeness (QED) is 0.281. The van der Waals surface area contributed by atoms with Gasteiger partial charge < -0.3 is 9.16 Å². The van der Waals surface area contributed by atoms with E-state index in [-0.39, 0.29) is 11.6 Å². The van der Waals surface area contributed by atoms with Gasteiger partial charge in [-0.3, -0.25) is 4.79 Å². The van der Waals surface area contributed by atoms with Crippen LogP contribution in [0.25, 0.3) is 0 Å². The predicted molar refractivity (Wildman–Crippen MR) is 103 cm³/mol. The normalized spacial score (nSPS) is 12.2. The molecule has 136 valence electrons. The summed E-state index contributed by atoms with van der Waals surface area (Å²) in [4.78, 5) is 12.6. The third kappa shape index (κ3) is 8.11. The summed E-state index contributed by atoms with van der Waals surface area (Å²) in [7, 11) is -1.76. The maximum atomic E-state index is 12.6. The van der Waals surface area contributed by atoms with E-state index in [1.54, 1.807) is 0 Å². The largest absolute Gasteiger partial charge is 0.426 e. The first-order valence-electron chi connectivity index (χ1n) is 9.26. The highest BCUT2D eigenvalue weighted by atomic mass is 28.4. The number of unbranched alkanes of at least 4 members (excludes halogenated alkanes) is 2. The molecule has 0 spiro atoms. The van der Waals surface area contributed by atoms with E-state index in [0.29, 0.717) is 12.2 Å². The van der Waals surface area contributed by atoms with Gasteiger partial charge in [0.05, 0.1) is 12.0 Å². The van der Waals surface area contributed by atoms with Crippen molar-refractivity contribution in [1.29, 1.82) is 0 Å². The molecule has 0 saturated carbocycles. The maximum Gasteiger partial charge on any atom is 0.314 e. The van der Waals surface area contributed by atoms with Crippen LogP contribution in [-0.2, 0) is 9.22 Å². The predicted octanol–water partition coefficient (Wildman–Crippen LogP) is 5.95. The molecular weight excluding hydrogens is 316 g/mol. The molecule has 0 aliphatic rings. The Hall–Kier alpha value is -1.13. The van der Waals surface area contributed by atoms with Crippen LogP contribution in [0.5, 0.6) is 5.75 Å². The minimum Gasteiger partial charge on any atom is -0.426 e. The molecule has 0 aliphatic heterocycles. The highest BCUT2D eigenvalue weighted by molar-refractivity contribution is 6.69. The molecule has 1 rings (SSSR count). The van der Waals surface area contributed by atoms with Gasteiger partial charge in [-0.05, 0) is 44.6 Å². The maximum absolute atomic E-state index is 12.6. The number of carbonyl (C=O) groups is 1. The van der Waals surface area contributed by atoms with E-state index in [1.807, 2.05) is 30.3 Å². The second kappa shape index (κ2) is 9.99. The molecular formula is C20H34O3Si. The molecule has 0 unspecified atom stereocenters.